The summed E-state index contributed by atoms with van der Waals surface area (Å²) in [6.45, 7) is 2.79. The maximum absolute atomic E-state index is 9.52. The molecule has 1 saturated heterocycles. The van der Waals surface area contributed by atoms with E-state index in [1.54, 1.807) is 12.4 Å². The van der Waals surface area contributed by atoms with Gasteiger partial charge in [0.05, 0.1) is 23.5 Å². The molecule has 4 nitrogen and oxygen atoms in total. The fraction of sp³-hybridized carbons (Fsp3) is 0.667. The van der Waals surface area contributed by atoms with Gasteiger partial charge in [-0.15, -0.1) is 0 Å². The van der Waals surface area contributed by atoms with Crippen LogP contribution in [0.3, 0.4) is 0 Å². The first-order valence-electron chi connectivity index (χ1n) is 6.09. The van der Waals surface area contributed by atoms with Gasteiger partial charge in [0.15, 0.2) is 0 Å². The summed E-state index contributed by atoms with van der Waals surface area (Å²) >= 11 is 5.79. The number of anilines is 1. The van der Waals surface area contributed by atoms with Crippen LogP contribution in [0, 0.1) is 0 Å². The van der Waals surface area contributed by atoms with Gasteiger partial charge in [0.1, 0.15) is 0 Å². The average molecular weight is 256 g/mol. The van der Waals surface area contributed by atoms with E-state index in [1.165, 1.54) is 6.42 Å². The molecule has 17 heavy (non-hydrogen) atoms. The lowest BCUT2D eigenvalue weighted by molar-refractivity contribution is 0.167. The van der Waals surface area contributed by atoms with Crippen molar-refractivity contribution in [2.45, 2.75) is 44.8 Å². The highest BCUT2D eigenvalue weighted by Gasteiger charge is 2.25. The van der Waals surface area contributed by atoms with Crippen LogP contribution in [0.4, 0.5) is 5.95 Å². The summed E-state index contributed by atoms with van der Waals surface area (Å²) in [5.74, 6) is 0.722. The molecule has 0 radical (unpaired) electrons. The first kappa shape index (κ1) is 12.6. The summed E-state index contributed by atoms with van der Waals surface area (Å²) in [6.07, 6.45) is 7.19. The molecule has 1 aliphatic heterocycles. The predicted molar refractivity (Wildman–Crippen MR) is 68.3 cm³/mol. The van der Waals surface area contributed by atoms with Crippen molar-refractivity contribution >= 4 is 17.5 Å². The fourth-order valence-corrected chi connectivity index (χ4v) is 2.45. The van der Waals surface area contributed by atoms with Crippen molar-refractivity contribution in [1.29, 1.82) is 0 Å². The highest BCUT2D eigenvalue weighted by atomic mass is 35.5. The van der Waals surface area contributed by atoms with Crippen molar-refractivity contribution in [3.05, 3.63) is 17.4 Å². The highest BCUT2D eigenvalue weighted by Crippen LogP contribution is 2.24. The second-order valence-electron chi connectivity index (χ2n) is 4.63. The normalized spacial score (nSPS) is 22.5. The topological polar surface area (TPSA) is 49.2 Å². The van der Waals surface area contributed by atoms with Crippen molar-refractivity contribution in [2.75, 3.05) is 11.4 Å². The summed E-state index contributed by atoms with van der Waals surface area (Å²) in [6, 6.07) is 0.338. The van der Waals surface area contributed by atoms with Crippen molar-refractivity contribution in [2.24, 2.45) is 0 Å². The van der Waals surface area contributed by atoms with Crippen LogP contribution in [-0.2, 0) is 0 Å². The Balaban J connectivity index is 2.12. The minimum Gasteiger partial charge on any atom is -0.393 e. The number of aliphatic hydroxyl groups is 1. The molecule has 1 aromatic rings. The number of piperidine rings is 1. The molecule has 0 bridgehead atoms. The Kier molecular flexibility index (Phi) is 4.18. The van der Waals surface area contributed by atoms with Crippen LogP contribution in [0.2, 0.25) is 5.02 Å². The average Bonchev–Trinajstić information content (AvgIpc) is 2.30. The van der Waals surface area contributed by atoms with E-state index in [-0.39, 0.29) is 6.10 Å². The van der Waals surface area contributed by atoms with Crippen LogP contribution in [0.25, 0.3) is 0 Å². The largest absolute Gasteiger partial charge is 0.393 e. The summed E-state index contributed by atoms with van der Waals surface area (Å²) in [5, 5.41) is 10.1. The maximum atomic E-state index is 9.52. The third kappa shape index (κ3) is 3.30. The number of halogens is 1. The number of hydrogen-bond acceptors (Lipinski definition) is 4. The lowest BCUT2D eigenvalue weighted by Crippen LogP contribution is -2.42. The Morgan fingerprint density at radius 3 is 2.82 bits per heavy atom. The third-order valence-corrected chi connectivity index (χ3v) is 3.30. The number of aromatic nitrogens is 2. The molecule has 0 aliphatic carbocycles. The zero-order valence-electron chi connectivity index (χ0n) is 10.0. The van der Waals surface area contributed by atoms with Gasteiger partial charge in [-0.25, -0.2) is 9.97 Å². The molecule has 94 valence electrons. The Morgan fingerprint density at radius 1 is 1.47 bits per heavy atom. The smallest absolute Gasteiger partial charge is 0.225 e. The number of hydrogen-bond donors (Lipinski definition) is 1. The summed E-state index contributed by atoms with van der Waals surface area (Å²) in [7, 11) is 0. The monoisotopic (exact) mass is 255 g/mol. The lowest BCUT2D eigenvalue weighted by Gasteiger charge is -2.36. The van der Waals surface area contributed by atoms with E-state index in [2.05, 4.69) is 14.9 Å². The number of rotatable bonds is 3. The van der Waals surface area contributed by atoms with E-state index in [1.807, 2.05) is 6.92 Å². The van der Waals surface area contributed by atoms with Gasteiger partial charge in [-0.2, -0.15) is 0 Å². The van der Waals surface area contributed by atoms with E-state index in [9.17, 15) is 5.11 Å². The quantitative estimate of drug-likeness (QED) is 0.900. The second-order valence-corrected chi connectivity index (χ2v) is 5.07. The molecular formula is C12H18ClN3O. The van der Waals surface area contributed by atoms with Crippen molar-refractivity contribution < 1.29 is 5.11 Å². The molecule has 0 spiro atoms. The van der Waals surface area contributed by atoms with Crippen LogP contribution in [-0.4, -0.2) is 33.8 Å². The molecule has 0 amide bonds. The Morgan fingerprint density at radius 2 is 2.18 bits per heavy atom. The van der Waals surface area contributed by atoms with Crippen molar-refractivity contribution in [1.82, 2.24) is 9.97 Å². The van der Waals surface area contributed by atoms with E-state index >= 15 is 0 Å². The first-order chi connectivity index (χ1) is 8.16. The Bertz CT molecular complexity index is 355. The maximum Gasteiger partial charge on any atom is 0.225 e. The number of nitrogens with zero attached hydrogens (tertiary/aromatic N) is 3. The SMILES string of the molecule is CC(O)CC1CCCCN1c1ncc(Cl)cn1. The van der Waals surface area contributed by atoms with E-state index < -0.39 is 0 Å². The summed E-state index contributed by atoms with van der Waals surface area (Å²) in [4.78, 5) is 10.7. The van der Waals surface area contributed by atoms with Crippen LogP contribution in [0.5, 0.6) is 0 Å². The predicted octanol–water partition coefficient (Wildman–Crippen LogP) is 2.26. The summed E-state index contributed by atoms with van der Waals surface area (Å²) < 4.78 is 0. The zero-order chi connectivity index (χ0) is 12.3. The first-order valence-corrected chi connectivity index (χ1v) is 6.47. The van der Waals surface area contributed by atoms with Gasteiger partial charge < -0.3 is 10.0 Å². The fourth-order valence-electron chi connectivity index (χ4n) is 2.36. The van der Waals surface area contributed by atoms with E-state index in [0.29, 0.717) is 11.1 Å². The molecule has 1 aliphatic rings. The van der Waals surface area contributed by atoms with Crippen LogP contribution in [0.15, 0.2) is 12.4 Å². The molecule has 5 heteroatoms. The van der Waals surface area contributed by atoms with Gasteiger partial charge in [-0.05, 0) is 32.6 Å². The molecular weight excluding hydrogens is 238 g/mol. The molecule has 2 heterocycles. The number of aliphatic hydroxyl groups excluding tert-OH is 1. The molecule has 1 fully saturated rings. The molecule has 2 rings (SSSR count). The van der Waals surface area contributed by atoms with Crippen molar-refractivity contribution in [3.8, 4) is 0 Å². The Labute approximate surface area is 107 Å². The lowest BCUT2D eigenvalue weighted by atomic mass is 9.98. The van der Waals surface area contributed by atoms with E-state index in [4.69, 9.17) is 11.6 Å². The van der Waals surface area contributed by atoms with E-state index in [0.717, 1.165) is 31.8 Å². The minimum atomic E-state index is -0.284. The molecule has 1 aromatic heterocycles. The van der Waals surface area contributed by atoms with Gasteiger partial charge in [0.2, 0.25) is 5.95 Å². The van der Waals surface area contributed by atoms with Gasteiger partial charge in [0.25, 0.3) is 0 Å². The van der Waals surface area contributed by atoms with Crippen LogP contribution in [0.1, 0.15) is 32.6 Å². The zero-order valence-corrected chi connectivity index (χ0v) is 10.8. The van der Waals surface area contributed by atoms with Gasteiger partial charge in [-0.1, -0.05) is 11.6 Å². The third-order valence-electron chi connectivity index (χ3n) is 3.10. The molecule has 1 N–H and O–H groups in total. The molecule has 0 aromatic carbocycles. The van der Waals surface area contributed by atoms with Gasteiger partial charge >= 0.3 is 0 Å². The van der Waals surface area contributed by atoms with Crippen molar-refractivity contribution in [3.63, 3.8) is 0 Å². The van der Waals surface area contributed by atoms with Gasteiger partial charge in [-0.3, -0.25) is 0 Å². The minimum absolute atomic E-state index is 0.284. The van der Waals surface area contributed by atoms with Crippen LogP contribution < -0.4 is 4.90 Å². The standard InChI is InChI=1S/C12H18ClN3O/c1-9(17)6-11-4-2-3-5-16(11)12-14-7-10(13)8-15-12/h7-9,11,17H,2-6H2,1H3. The highest BCUT2D eigenvalue weighted by molar-refractivity contribution is 6.30. The van der Waals surface area contributed by atoms with Crippen LogP contribution >= 0.6 is 11.6 Å². The molecule has 0 saturated carbocycles. The van der Waals surface area contributed by atoms with Gasteiger partial charge in [0, 0.05) is 12.6 Å². The molecule has 2 atom stereocenters. The second kappa shape index (κ2) is 5.65. The molecule has 2 unspecified atom stereocenters. The Hall–Kier alpha value is -0.870. The summed E-state index contributed by atoms with van der Waals surface area (Å²) in [5.41, 5.74) is 0.